The van der Waals surface area contributed by atoms with Gasteiger partial charge in [-0.25, -0.2) is 8.42 Å². The van der Waals surface area contributed by atoms with Gasteiger partial charge in [-0.2, -0.15) is 0 Å². The summed E-state index contributed by atoms with van der Waals surface area (Å²) in [5.41, 5.74) is 0.953. The van der Waals surface area contributed by atoms with Crippen LogP contribution in [0.2, 0.25) is 0 Å². The highest BCUT2D eigenvalue weighted by molar-refractivity contribution is 7.91. The Bertz CT molecular complexity index is 1050. The number of hydrogen-bond donors (Lipinski definition) is 2. The van der Waals surface area contributed by atoms with Crippen molar-refractivity contribution < 1.29 is 22.4 Å². The van der Waals surface area contributed by atoms with Gasteiger partial charge in [-0.1, -0.05) is 0 Å². The molecule has 0 saturated heterocycles. The van der Waals surface area contributed by atoms with Gasteiger partial charge in [0.15, 0.2) is 5.76 Å². The number of rotatable bonds is 5. The van der Waals surface area contributed by atoms with Gasteiger partial charge in [0.2, 0.25) is 15.7 Å². The zero-order chi connectivity index (χ0) is 19.4. The highest BCUT2D eigenvalue weighted by atomic mass is 32.2. The van der Waals surface area contributed by atoms with E-state index >= 15 is 0 Å². The van der Waals surface area contributed by atoms with Crippen molar-refractivity contribution in [2.24, 2.45) is 0 Å². The van der Waals surface area contributed by atoms with Crippen molar-refractivity contribution in [3.05, 3.63) is 72.7 Å². The summed E-state index contributed by atoms with van der Waals surface area (Å²) < 4.78 is 30.4. The van der Waals surface area contributed by atoms with Crippen LogP contribution >= 0.6 is 0 Å². The normalized spacial score (nSPS) is 11.0. The van der Waals surface area contributed by atoms with Crippen LogP contribution in [0.1, 0.15) is 17.5 Å². The fourth-order valence-electron chi connectivity index (χ4n) is 2.37. The zero-order valence-corrected chi connectivity index (χ0v) is 15.1. The maximum atomic E-state index is 12.7. The lowest BCUT2D eigenvalue weighted by Crippen LogP contribution is -2.11. The van der Waals surface area contributed by atoms with Crippen LogP contribution in [0.15, 0.2) is 81.1 Å². The SMILES string of the molecule is CC(=O)Nc1ccc(S(=O)(=O)c2ccc(NC(=O)c3ccco3)cc2)cc1. The number of carbonyl (C=O) groups excluding carboxylic acids is 2. The van der Waals surface area contributed by atoms with Crippen LogP contribution in [-0.4, -0.2) is 20.2 Å². The van der Waals surface area contributed by atoms with Crippen LogP contribution in [0.4, 0.5) is 11.4 Å². The second kappa shape index (κ2) is 7.46. The topological polar surface area (TPSA) is 105 Å². The predicted octanol–water partition coefficient (Wildman–Crippen LogP) is 3.32. The molecule has 0 unspecified atom stereocenters. The number of benzene rings is 2. The van der Waals surface area contributed by atoms with E-state index in [1.54, 1.807) is 6.07 Å². The number of anilines is 2. The largest absolute Gasteiger partial charge is 0.459 e. The Labute approximate surface area is 155 Å². The Morgan fingerprint density at radius 1 is 0.815 bits per heavy atom. The average Bonchev–Trinajstić information content (AvgIpc) is 3.17. The zero-order valence-electron chi connectivity index (χ0n) is 14.3. The second-order valence-corrected chi connectivity index (χ2v) is 7.61. The number of amides is 2. The third-order valence-corrected chi connectivity index (χ3v) is 5.44. The molecule has 1 aromatic heterocycles. The molecule has 0 aliphatic rings. The summed E-state index contributed by atoms with van der Waals surface area (Å²) >= 11 is 0. The molecule has 0 atom stereocenters. The van der Waals surface area contributed by atoms with Crippen LogP contribution < -0.4 is 10.6 Å². The summed E-state index contributed by atoms with van der Waals surface area (Å²) in [6.07, 6.45) is 1.39. The monoisotopic (exact) mass is 384 g/mol. The highest BCUT2D eigenvalue weighted by Crippen LogP contribution is 2.24. The summed E-state index contributed by atoms with van der Waals surface area (Å²) in [5.74, 6) is -0.507. The van der Waals surface area contributed by atoms with E-state index in [1.807, 2.05) is 0 Å². The van der Waals surface area contributed by atoms with Crippen molar-refractivity contribution in [3.63, 3.8) is 0 Å². The minimum atomic E-state index is -3.72. The van der Waals surface area contributed by atoms with Crippen molar-refractivity contribution in [2.45, 2.75) is 16.7 Å². The quantitative estimate of drug-likeness (QED) is 0.702. The van der Waals surface area contributed by atoms with Crippen molar-refractivity contribution in [2.75, 3.05) is 10.6 Å². The molecule has 8 heteroatoms. The van der Waals surface area contributed by atoms with Gasteiger partial charge in [-0.15, -0.1) is 0 Å². The van der Waals surface area contributed by atoms with E-state index < -0.39 is 15.7 Å². The summed E-state index contributed by atoms with van der Waals surface area (Å²) in [6, 6.07) is 14.8. The molecular weight excluding hydrogens is 368 g/mol. The lowest BCUT2D eigenvalue weighted by molar-refractivity contribution is -0.114. The molecule has 0 aliphatic heterocycles. The van der Waals surface area contributed by atoms with E-state index in [4.69, 9.17) is 4.42 Å². The van der Waals surface area contributed by atoms with Gasteiger partial charge in [-0.05, 0) is 60.7 Å². The van der Waals surface area contributed by atoms with E-state index in [9.17, 15) is 18.0 Å². The summed E-state index contributed by atoms with van der Waals surface area (Å²) in [4.78, 5) is 23.2. The maximum Gasteiger partial charge on any atom is 0.291 e. The first kappa shape index (κ1) is 18.4. The Morgan fingerprint density at radius 3 is 1.78 bits per heavy atom. The molecule has 0 fully saturated rings. The number of sulfone groups is 1. The predicted molar refractivity (Wildman–Crippen MR) is 99.3 cm³/mol. The van der Waals surface area contributed by atoms with Gasteiger partial charge >= 0.3 is 0 Å². The van der Waals surface area contributed by atoms with Crippen molar-refractivity contribution in [1.82, 2.24) is 0 Å². The number of nitrogens with one attached hydrogen (secondary N) is 2. The number of furan rings is 1. The van der Waals surface area contributed by atoms with Gasteiger partial charge in [-0.3, -0.25) is 9.59 Å². The molecule has 2 amide bonds. The first-order chi connectivity index (χ1) is 12.9. The fraction of sp³-hybridized carbons (Fsp3) is 0.0526. The van der Waals surface area contributed by atoms with Crippen LogP contribution in [0.25, 0.3) is 0 Å². The molecule has 0 aliphatic carbocycles. The molecule has 0 bridgehead atoms. The first-order valence-electron chi connectivity index (χ1n) is 7.94. The van der Waals surface area contributed by atoms with Crippen LogP contribution in [0.5, 0.6) is 0 Å². The average molecular weight is 384 g/mol. The standard InChI is InChI=1S/C19H16N2O5S/c1-13(22)20-14-4-8-16(9-5-14)27(24,25)17-10-6-15(7-11-17)21-19(23)18-3-2-12-26-18/h2-12H,1H3,(H,20,22)(H,21,23). The van der Waals surface area contributed by atoms with Gasteiger partial charge < -0.3 is 15.1 Å². The molecule has 2 aromatic carbocycles. The van der Waals surface area contributed by atoms with Crippen molar-refractivity contribution in [3.8, 4) is 0 Å². The minimum absolute atomic E-state index is 0.0887. The molecular formula is C19H16N2O5S. The van der Waals surface area contributed by atoms with E-state index in [1.165, 1.54) is 67.8 Å². The van der Waals surface area contributed by atoms with Gasteiger partial charge in [0.25, 0.3) is 5.91 Å². The van der Waals surface area contributed by atoms with Gasteiger partial charge in [0.1, 0.15) is 0 Å². The van der Waals surface area contributed by atoms with Crippen LogP contribution in [0, 0.1) is 0 Å². The summed E-state index contributed by atoms with van der Waals surface area (Å²) in [6.45, 7) is 1.37. The maximum absolute atomic E-state index is 12.7. The highest BCUT2D eigenvalue weighted by Gasteiger charge is 2.18. The lowest BCUT2D eigenvalue weighted by atomic mass is 10.3. The minimum Gasteiger partial charge on any atom is -0.459 e. The Kier molecular flexibility index (Phi) is 5.09. The molecule has 138 valence electrons. The molecule has 0 saturated carbocycles. The Hall–Kier alpha value is -3.39. The molecule has 7 nitrogen and oxygen atoms in total. The van der Waals surface area contributed by atoms with Crippen LogP contribution in [-0.2, 0) is 14.6 Å². The van der Waals surface area contributed by atoms with E-state index in [2.05, 4.69) is 10.6 Å². The second-order valence-electron chi connectivity index (χ2n) is 5.66. The fourth-order valence-corrected chi connectivity index (χ4v) is 3.64. The van der Waals surface area contributed by atoms with E-state index in [0.29, 0.717) is 11.4 Å². The molecule has 0 radical (unpaired) electrons. The van der Waals surface area contributed by atoms with Crippen LogP contribution in [0.3, 0.4) is 0 Å². The van der Waals surface area contributed by atoms with Crippen molar-refractivity contribution >= 4 is 33.0 Å². The van der Waals surface area contributed by atoms with Crippen molar-refractivity contribution in [1.29, 1.82) is 0 Å². The molecule has 0 spiro atoms. The number of hydrogen-bond acceptors (Lipinski definition) is 5. The van der Waals surface area contributed by atoms with E-state index in [-0.39, 0.29) is 21.5 Å². The molecule has 3 aromatic rings. The lowest BCUT2D eigenvalue weighted by Gasteiger charge is -2.08. The third-order valence-electron chi connectivity index (χ3n) is 3.65. The van der Waals surface area contributed by atoms with Gasteiger partial charge in [0.05, 0.1) is 16.1 Å². The smallest absolute Gasteiger partial charge is 0.291 e. The van der Waals surface area contributed by atoms with Gasteiger partial charge in [0, 0.05) is 18.3 Å². The molecule has 3 rings (SSSR count). The molecule has 2 N–H and O–H groups in total. The Morgan fingerprint density at radius 2 is 1.33 bits per heavy atom. The summed E-state index contributed by atoms with van der Waals surface area (Å²) in [7, 11) is -3.72. The third kappa shape index (κ3) is 4.24. The summed E-state index contributed by atoms with van der Waals surface area (Å²) in [5, 5.41) is 5.20. The number of carbonyl (C=O) groups is 2. The van der Waals surface area contributed by atoms with E-state index in [0.717, 1.165) is 0 Å². The Balaban J connectivity index is 1.77. The molecule has 27 heavy (non-hydrogen) atoms. The first-order valence-corrected chi connectivity index (χ1v) is 9.42. The molecule has 1 heterocycles.